The van der Waals surface area contributed by atoms with Gasteiger partial charge >= 0.3 is 0 Å². The number of rotatable bonds is 27. The second-order valence-electron chi connectivity index (χ2n) is 10.5. The second kappa shape index (κ2) is 28.0. The number of hydrogen-bond donors (Lipinski definition) is 1. The summed E-state index contributed by atoms with van der Waals surface area (Å²) in [7, 11) is 0. The molecule has 0 amide bonds. The minimum Gasteiger partial charge on any atom is -0.328 e. The van der Waals surface area contributed by atoms with Crippen LogP contribution in [0.15, 0.2) is 0 Å². The summed E-state index contributed by atoms with van der Waals surface area (Å²) in [6.07, 6.45) is 38.4. The highest BCUT2D eigenvalue weighted by atomic mass is 14.6. The van der Waals surface area contributed by atoms with E-state index < -0.39 is 0 Å². The van der Waals surface area contributed by atoms with Gasteiger partial charge in [0.15, 0.2) is 0 Å². The number of nitrogens with two attached hydrogens (primary N) is 1. The Balaban J connectivity index is 3.13. The average molecular weight is 438 g/mol. The molecular formula is C30H63N. The molecule has 0 aliphatic rings. The van der Waals surface area contributed by atoms with Crippen LogP contribution < -0.4 is 5.73 Å². The predicted molar refractivity (Wildman–Crippen MR) is 144 cm³/mol. The van der Waals surface area contributed by atoms with Crippen LogP contribution in [0, 0.1) is 0 Å². The first-order valence-electron chi connectivity index (χ1n) is 15.1. The smallest absolute Gasteiger partial charge is 0.00388 e. The Labute approximate surface area is 199 Å². The van der Waals surface area contributed by atoms with Crippen LogP contribution in [0.25, 0.3) is 0 Å². The van der Waals surface area contributed by atoms with Crippen LogP contribution in [0.5, 0.6) is 0 Å². The van der Waals surface area contributed by atoms with Gasteiger partial charge in [-0.25, -0.2) is 0 Å². The van der Waals surface area contributed by atoms with Crippen LogP contribution in [0.4, 0.5) is 0 Å². The van der Waals surface area contributed by atoms with E-state index in [4.69, 9.17) is 5.73 Å². The summed E-state index contributed by atoms with van der Waals surface area (Å²) in [6, 6.07) is 0.468. The minimum absolute atomic E-state index is 0.468. The fourth-order valence-electron chi connectivity index (χ4n) is 4.82. The monoisotopic (exact) mass is 437 g/mol. The van der Waals surface area contributed by atoms with Gasteiger partial charge < -0.3 is 5.73 Å². The van der Waals surface area contributed by atoms with Gasteiger partial charge in [0.2, 0.25) is 0 Å². The highest BCUT2D eigenvalue weighted by Crippen LogP contribution is 2.16. The Morgan fingerprint density at radius 2 is 0.516 bits per heavy atom. The van der Waals surface area contributed by atoms with Gasteiger partial charge in [0, 0.05) is 6.04 Å². The lowest BCUT2D eigenvalue weighted by Gasteiger charge is -2.11. The molecule has 0 radical (unpaired) electrons. The zero-order valence-electron chi connectivity index (χ0n) is 22.2. The van der Waals surface area contributed by atoms with Crippen molar-refractivity contribution in [3.05, 3.63) is 0 Å². The van der Waals surface area contributed by atoms with E-state index in [0.717, 1.165) is 0 Å². The first kappa shape index (κ1) is 31.0. The summed E-state index contributed by atoms with van der Waals surface area (Å²) in [5.74, 6) is 0. The molecule has 0 rings (SSSR count). The standard InChI is InChI=1S/C30H63N/c1-3-5-7-9-11-13-15-17-19-21-23-25-27-29-30(31)28-26-24-22-20-18-16-14-12-10-8-6-4-2/h30H,3-29,31H2,1-2H3. The van der Waals surface area contributed by atoms with Gasteiger partial charge in [-0.15, -0.1) is 0 Å². The Kier molecular flexibility index (Phi) is 28.0. The molecule has 2 N–H and O–H groups in total. The van der Waals surface area contributed by atoms with E-state index in [-0.39, 0.29) is 0 Å². The van der Waals surface area contributed by atoms with Crippen LogP contribution in [0.2, 0.25) is 0 Å². The van der Waals surface area contributed by atoms with Crippen molar-refractivity contribution in [1.29, 1.82) is 0 Å². The molecule has 1 nitrogen and oxygen atoms in total. The lowest BCUT2D eigenvalue weighted by Crippen LogP contribution is -2.19. The van der Waals surface area contributed by atoms with Crippen molar-refractivity contribution in [1.82, 2.24) is 0 Å². The topological polar surface area (TPSA) is 26.0 Å². The van der Waals surface area contributed by atoms with Gasteiger partial charge in [-0.1, -0.05) is 174 Å². The van der Waals surface area contributed by atoms with E-state index in [1.807, 2.05) is 0 Å². The van der Waals surface area contributed by atoms with Gasteiger partial charge in [-0.2, -0.15) is 0 Å². The summed E-state index contributed by atoms with van der Waals surface area (Å²) < 4.78 is 0. The van der Waals surface area contributed by atoms with Crippen LogP contribution in [-0.4, -0.2) is 6.04 Å². The summed E-state index contributed by atoms with van der Waals surface area (Å²) in [6.45, 7) is 4.60. The predicted octanol–water partition coefficient (Wildman–Crippen LogP) is 10.9. The van der Waals surface area contributed by atoms with Crippen LogP contribution >= 0.6 is 0 Å². The maximum Gasteiger partial charge on any atom is 0.00388 e. The fourth-order valence-corrected chi connectivity index (χ4v) is 4.82. The molecule has 0 heterocycles. The molecule has 1 heteroatoms. The molecule has 0 spiro atoms. The Morgan fingerprint density at radius 1 is 0.323 bits per heavy atom. The third kappa shape index (κ3) is 27.9. The van der Waals surface area contributed by atoms with Crippen molar-refractivity contribution in [3.8, 4) is 0 Å². The Morgan fingerprint density at radius 3 is 0.742 bits per heavy atom. The highest BCUT2D eigenvalue weighted by molar-refractivity contribution is 4.62. The first-order chi connectivity index (χ1) is 15.3. The van der Waals surface area contributed by atoms with Gasteiger partial charge in [0.05, 0.1) is 0 Å². The van der Waals surface area contributed by atoms with Gasteiger partial charge in [0.1, 0.15) is 0 Å². The summed E-state index contributed by atoms with van der Waals surface area (Å²) in [4.78, 5) is 0. The van der Waals surface area contributed by atoms with Crippen LogP contribution in [0.3, 0.4) is 0 Å². The molecular weight excluding hydrogens is 374 g/mol. The zero-order chi connectivity index (χ0) is 22.7. The van der Waals surface area contributed by atoms with E-state index in [0.29, 0.717) is 6.04 Å². The second-order valence-corrected chi connectivity index (χ2v) is 10.5. The zero-order valence-corrected chi connectivity index (χ0v) is 22.2. The molecule has 0 fully saturated rings. The van der Waals surface area contributed by atoms with Crippen molar-refractivity contribution in [2.45, 2.75) is 193 Å². The van der Waals surface area contributed by atoms with Crippen molar-refractivity contribution in [3.63, 3.8) is 0 Å². The Bertz CT molecular complexity index is 301. The molecule has 31 heavy (non-hydrogen) atoms. The highest BCUT2D eigenvalue weighted by Gasteiger charge is 2.02. The minimum atomic E-state index is 0.468. The Hall–Kier alpha value is -0.0400. The molecule has 0 aromatic heterocycles. The summed E-state index contributed by atoms with van der Waals surface area (Å²) in [5, 5.41) is 0. The number of unbranched alkanes of at least 4 members (excludes halogenated alkanes) is 23. The SMILES string of the molecule is CCCCCCCCCCCCCCCC(N)CCCCCCCCCCCCCC. The van der Waals surface area contributed by atoms with Crippen molar-refractivity contribution in [2.24, 2.45) is 5.73 Å². The van der Waals surface area contributed by atoms with E-state index >= 15 is 0 Å². The van der Waals surface area contributed by atoms with Crippen LogP contribution in [-0.2, 0) is 0 Å². The van der Waals surface area contributed by atoms with Crippen molar-refractivity contribution < 1.29 is 0 Å². The van der Waals surface area contributed by atoms with Crippen molar-refractivity contribution >= 4 is 0 Å². The van der Waals surface area contributed by atoms with Crippen molar-refractivity contribution in [2.75, 3.05) is 0 Å². The van der Waals surface area contributed by atoms with Crippen LogP contribution in [0.1, 0.15) is 187 Å². The average Bonchev–Trinajstić information content (AvgIpc) is 2.77. The third-order valence-electron chi connectivity index (χ3n) is 7.11. The molecule has 0 aromatic rings. The largest absolute Gasteiger partial charge is 0.328 e. The fraction of sp³-hybridized carbons (Fsp3) is 1.00. The summed E-state index contributed by atoms with van der Waals surface area (Å²) in [5.41, 5.74) is 6.34. The normalized spacial score (nSPS) is 12.5. The van der Waals surface area contributed by atoms with E-state index in [1.54, 1.807) is 0 Å². The lowest BCUT2D eigenvalue weighted by atomic mass is 10.00. The molecule has 0 saturated heterocycles. The molecule has 0 aliphatic carbocycles. The molecule has 0 saturated carbocycles. The molecule has 188 valence electrons. The van der Waals surface area contributed by atoms with Gasteiger partial charge in [-0.05, 0) is 12.8 Å². The molecule has 0 aromatic carbocycles. The van der Waals surface area contributed by atoms with Gasteiger partial charge in [0.25, 0.3) is 0 Å². The maximum absolute atomic E-state index is 6.34. The molecule has 0 bridgehead atoms. The number of hydrogen-bond acceptors (Lipinski definition) is 1. The molecule has 0 aliphatic heterocycles. The van der Waals surface area contributed by atoms with Gasteiger partial charge in [-0.3, -0.25) is 0 Å². The molecule has 1 atom stereocenters. The summed E-state index contributed by atoms with van der Waals surface area (Å²) >= 11 is 0. The first-order valence-corrected chi connectivity index (χ1v) is 15.1. The van der Waals surface area contributed by atoms with E-state index in [1.165, 1.54) is 173 Å². The third-order valence-corrected chi connectivity index (χ3v) is 7.11. The van der Waals surface area contributed by atoms with E-state index in [9.17, 15) is 0 Å². The van der Waals surface area contributed by atoms with E-state index in [2.05, 4.69) is 13.8 Å². The quantitative estimate of drug-likeness (QED) is 0.127. The lowest BCUT2D eigenvalue weighted by molar-refractivity contribution is 0.477. The molecule has 1 unspecified atom stereocenters. The maximum atomic E-state index is 6.34.